The number of rotatable bonds is 14. The molecular weight excluding hydrogens is 524 g/mol. The Morgan fingerprint density at radius 2 is 1.53 bits per heavy atom. The molecule has 0 aliphatic carbocycles. The number of carbonyl (C=O) groups excluding carboxylic acids is 2. The number of nitrogens with one attached hydrogen (secondary N) is 2. The number of benzene rings is 2. The van der Waals surface area contributed by atoms with E-state index < -0.39 is 35.3 Å². The summed E-state index contributed by atoms with van der Waals surface area (Å²) < 4.78 is 0. The van der Waals surface area contributed by atoms with Gasteiger partial charge in [0.25, 0.3) is 5.91 Å². The Morgan fingerprint density at radius 1 is 0.921 bits per heavy atom. The van der Waals surface area contributed by atoms with E-state index in [0.29, 0.717) is 11.3 Å². The maximum absolute atomic E-state index is 13.2. The van der Waals surface area contributed by atoms with Crippen LogP contribution in [0.25, 0.3) is 0 Å². The molecule has 0 aromatic heterocycles. The zero-order valence-electron chi connectivity index (χ0n) is 22.3. The largest absolute Gasteiger partial charge is 0.481 e. The molecule has 0 radical (unpaired) electrons. The highest BCUT2D eigenvalue weighted by atomic mass is 33.1. The molecule has 2 amide bonds. The zero-order chi connectivity index (χ0) is 28.5. The Bertz CT molecular complexity index is 1160. The topological polar surface area (TPSA) is 133 Å². The molecule has 0 heterocycles. The van der Waals surface area contributed by atoms with E-state index in [0.717, 1.165) is 16.0 Å². The average molecular weight is 561 g/mol. The molecule has 38 heavy (non-hydrogen) atoms. The minimum atomic E-state index is -1.56. The second kappa shape index (κ2) is 14.2. The van der Waals surface area contributed by atoms with Gasteiger partial charge in [0.15, 0.2) is 0 Å². The van der Waals surface area contributed by atoms with Gasteiger partial charge in [-0.05, 0) is 62.8 Å². The van der Waals surface area contributed by atoms with E-state index in [9.17, 15) is 29.4 Å². The summed E-state index contributed by atoms with van der Waals surface area (Å²) in [4.78, 5) is 51.2. The monoisotopic (exact) mass is 560 g/mol. The second-order valence-corrected chi connectivity index (χ2v) is 12.4. The third kappa shape index (κ3) is 9.40. The van der Waals surface area contributed by atoms with Crippen LogP contribution in [0, 0.1) is 25.7 Å². The molecule has 4 N–H and O–H groups in total. The predicted molar refractivity (Wildman–Crippen MR) is 151 cm³/mol. The van der Waals surface area contributed by atoms with Crippen molar-refractivity contribution < 1.29 is 29.4 Å². The lowest BCUT2D eigenvalue weighted by atomic mass is 9.88. The van der Waals surface area contributed by atoms with Gasteiger partial charge in [-0.3, -0.25) is 14.4 Å². The minimum Gasteiger partial charge on any atom is -0.481 e. The van der Waals surface area contributed by atoms with E-state index in [-0.39, 0.29) is 24.7 Å². The van der Waals surface area contributed by atoms with Crippen molar-refractivity contribution in [2.75, 3.05) is 5.75 Å². The maximum atomic E-state index is 13.2. The van der Waals surface area contributed by atoms with E-state index >= 15 is 0 Å². The SMILES string of the molecule is Cc1ccccc1SSCC(C)(CC(C(=O)O)C(=O)NC(CC(C)C)C(=O)O)NC(=O)c1ccccc1C. The van der Waals surface area contributed by atoms with Crippen LogP contribution in [0.3, 0.4) is 0 Å². The van der Waals surface area contributed by atoms with Gasteiger partial charge in [-0.2, -0.15) is 0 Å². The number of aryl methyl sites for hydroxylation is 2. The molecule has 8 nitrogen and oxygen atoms in total. The van der Waals surface area contributed by atoms with Gasteiger partial charge < -0.3 is 20.8 Å². The van der Waals surface area contributed by atoms with Crippen LogP contribution in [0.15, 0.2) is 53.4 Å². The van der Waals surface area contributed by atoms with Crippen LogP contribution < -0.4 is 10.6 Å². The molecule has 10 heteroatoms. The lowest BCUT2D eigenvalue weighted by Gasteiger charge is -2.33. The molecule has 2 aromatic rings. The van der Waals surface area contributed by atoms with Crippen molar-refractivity contribution in [3.8, 4) is 0 Å². The van der Waals surface area contributed by atoms with Crippen molar-refractivity contribution in [2.24, 2.45) is 11.8 Å². The van der Waals surface area contributed by atoms with Crippen LogP contribution in [0.4, 0.5) is 0 Å². The van der Waals surface area contributed by atoms with Crippen LogP contribution in [0.2, 0.25) is 0 Å². The van der Waals surface area contributed by atoms with Crippen molar-refractivity contribution in [2.45, 2.75) is 63.9 Å². The first-order chi connectivity index (χ1) is 17.8. The van der Waals surface area contributed by atoms with Crippen LogP contribution in [0.5, 0.6) is 0 Å². The van der Waals surface area contributed by atoms with Crippen molar-refractivity contribution in [3.05, 3.63) is 65.2 Å². The Morgan fingerprint density at radius 3 is 2.08 bits per heavy atom. The molecule has 0 saturated heterocycles. The number of carboxylic acids is 2. The fourth-order valence-electron chi connectivity index (χ4n) is 3.90. The molecule has 0 saturated carbocycles. The van der Waals surface area contributed by atoms with Crippen LogP contribution >= 0.6 is 21.6 Å². The Hall–Kier alpha value is -2.98. The van der Waals surface area contributed by atoms with Crippen molar-refractivity contribution in [1.82, 2.24) is 10.6 Å². The lowest BCUT2D eigenvalue weighted by molar-refractivity contribution is -0.150. The number of hydrogen-bond acceptors (Lipinski definition) is 6. The van der Waals surface area contributed by atoms with Crippen LogP contribution in [-0.2, 0) is 14.4 Å². The Kier molecular flexibility index (Phi) is 11.7. The van der Waals surface area contributed by atoms with Crippen molar-refractivity contribution in [3.63, 3.8) is 0 Å². The fourth-order valence-corrected chi connectivity index (χ4v) is 6.76. The summed E-state index contributed by atoms with van der Waals surface area (Å²) in [6.45, 7) is 9.14. The quantitative estimate of drug-likeness (QED) is 0.189. The van der Waals surface area contributed by atoms with Gasteiger partial charge in [-0.25, -0.2) is 4.79 Å². The van der Waals surface area contributed by atoms with Gasteiger partial charge in [-0.15, -0.1) is 0 Å². The number of carbonyl (C=O) groups is 4. The standard InChI is InChI=1S/C28H36N2O6S2/c1-17(2)14-22(27(35)36)29-24(31)21(26(33)34)15-28(5,16-37-38-23-13-9-7-11-19(23)4)30-25(32)20-12-8-6-10-18(20)3/h6-13,17,21-22H,14-16H2,1-5H3,(H,29,31)(H,30,32)(H,33,34)(H,35,36). The van der Waals surface area contributed by atoms with Crippen molar-refractivity contribution >= 4 is 45.3 Å². The smallest absolute Gasteiger partial charge is 0.326 e. The first-order valence-electron chi connectivity index (χ1n) is 12.3. The highest BCUT2D eigenvalue weighted by Gasteiger charge is 2.39. The molecule has 2 rings (SSSR count). The van der Waals surface area contributed by atoms with Crippen LogP contribution in [-0.4, -0.2) is 51.3 Å². The predicted octanol–water partition coefficient (Wildman–Crippen LogP) is 4.94. The van der Waals surface area contributed by atoms with Gasteiger partial charge in [0, 0.05) is 21.8 Å². The molecule has 0 bridgehead atoms. The first kappa shape index (κ1) is 31.2. The summed E-state index contributed by atoms with van der Waals surface area (Å²) in [5.74, 6) is -5.16. The molecule has 0 spiro atoms. The maximum Gasteiger partial charge on any atom is 0.326 e. The number of aliphatic carboxylic acids is 2. The van der Waals surface area contributed by atoms with Crippen LogP contribution in [0.1, 0.15) is 55.1 Å². The summed E-state index contributed by atoms with van der Waals surface area (Å²) in [6.07, 6.45) is -0.0568. The number of carboxylic acid groups (broad SMARTS) is 2. The molecule has 0 aliphatic rings. The van der Waals surface area contributed by atoms with E-state index in [1.54, 1.807) is 19.1 Å². The van der Waals surface area contributed by atoms with Gasteiger partial charge in [0.05, 0.1) is 0 Å². The second-order valence-electron chi connectivity index (χ2n) is 10.1. The Labute approximate surface area is 231 Å². The van der Waals surface area contributed by atoms with Crippen molar-refractivity contribution in [1.29, 1.82) is 0 Å². The summed E-state index contributed by atoms with van der Waals surface area (Å²) in [6, 6.07) is 13.7. The number of hydrogen-bond donors (Lipinski definition) is 4. The third-order valence-corrected chi connectivity index (χ3v) is 8.77. The number of amides is 2. The minimum absolute atomic E-state index is 0.0202. The van der Waals surface area contributed by atoms with Gasteiger partial charge in [-0.1, -0.05) is 71.8 Å². The molecule has 0 fully saturated rings. The molecule has 3 unspecified atom stereocenters. The Balaban J connectivity index is 2.29. The molecule has 3 atom stereocenters. The molecular formula is C28H36N2O6S2. The molecule has 2 aromatic carbocycles. The highest BCUT2D eigenvalue weighted by molar-refractivity contribution is 8.76. The van der Waals surface area contributed by atoms with E-state index in [1.165, 1.54) is 21.6 Å². The summed E-state index contributed by atoms with van der Waals surface area (Å²) in [7, 11) is 2.95. The summed E-state index contributed by atoms with van der Waals surface area (Å²) in [5.41, 5.74) is 1.20. The average Bonchev–Trinajstić information content (AvgIpc) is 2.83. The van der Waals surface area contributed by atoms with Gasteiger partial charge in [0.2, 0.25) is 5.91 Å². The normalized spacial score (nSPS) is 14.3. The fraction of sp³-hybridized carbons (Fsp3) is 0.429. The summed E-state index contributed by atoms with van der Waals surface area (Å²) in [5, 5.41) is 24.8. The zero-order valence-corrected chi connectivity index (χ0v) is 23.9. The van der Waals surface area contributed by atoms with Gasteiger partial charge >= 0.3 is 11.9 Å². The van der Waals surface area contributed by atoms with E-state index in [2.05, 4.69) is 10.6 Å². The van der Waals surface area contributed by atoms with E-state index in [4.69, 9.17) is 0 Å². The molecule has 0 aliphatic heterocycles. The van der Waals surface area contributed by atoms with E-state index in [1.807, 2.05) is 64.1 Å². The lowest BCUT2D eigenvalue weighted by Crippen LogP contribution is -2.53. The molecule has 206 valence electrons. The highest BCUT2D eigenvalue weighted by Crippen LogP contribution is 2.37. The third-order valence-electron chi connectivity index (χ3n) is 6.02. The van der Waals surface area contributed by atoms with Gasteiger partial charge in [0.1, 0.15) is 12.0 Å². The first-order valence-corrected chi connectivity index (χ1v) is 14.6. The summed E-state index contributed by atoms with van der Waals surface area (Å²) >= 11 is 0.